The Morgan fingerprint density at radius 2 is 1.31 bits per heavy atom. The van der Waals surface area contributed by atoms with E-state index in [2.05, 4.69) is 59.5 Å². The van der Waals surface area contributed by atoms with Crippen LogP contribution in [0, 0.1) is 0 Å². The van der Waals surface area contributed by atoms with Crippen LogP contribution in [0.2, 0.25) is 0 Å². The van der Waals surface area contributed by atoms with Crippen molar-refractivity contribution in [3.8, 4) is 11.5 Å². The third kappa shape index (κ3) is 13.7. The van der Waals surface area contributed by atoms with Crippen LogP contribution in [-0.4, -0.2) is 70.8 Å². The molecule has 0 aliphatic heterocycles. The molecule has 71 heavy (non-hydrogen) atoms. The monoisotopic (exact) mass is 1080 g/mol. The maximum absolute atomic E-state index is 13.3. The van der Waals surface area contributed by atoms with Crippen molar-refractivity contribution in [3.05, 3.63) is 97.1 Å². The molecule has 27 nitrogen and oxygen atoms in total. The lowest BCUT2D eigenvalue weighted by molar-refractivity contribution is -0.434. The number of hydrogen-bond acceptors (Lipinski definition) is 26. The Bertz CT molecular complexity index is 3370. The van der Waals surface area contributed by atoms with E-state index in [9.17, 15) is 39.7 Å². The number of methoxy groups -OCH3 is 1. The van der Waals surface area contributed by atoms with Crippen LogP contribution in [-0.2, 0) is 57.7 Å². The number of benzene rings is 6. The summed E-state index contributed by atoms with van der Waals surface area (Å²) in [6.07, 6.45) is 0. The molecule has 32 heteroatoms. The van der Waals surface area contributed by atoms with E-state index in [0.29, 0.717) is 23.5 Å². The van der Waals surface area contributed by atoms with Crippen LogP contribution in [0.15, 0.2) is 147 Å². The van der Waals surface area contributed by atoms with Crippen molar-refractivity contribution in [1.82, 2.24) is 0 Å². The van der Waals surface area contributed by atoms with Gasteiger partial charge in [0.15, 0.2) is 27.9 Å². The summed E-state index contributed by atoms with van der Waals surface area (Å²) in [5.74, 6) is -1.47. The van der Waals surface area contributed by atoms with Gasteiger partial charge in [0, 0.05) is 29.0 Å². The number of nitrogens with two attached hydrogens (primary N) is 2. The highest BCUT2D eigenvalue weighted by molar-refractivity contribution is 7.95. The maximum Gasteiger partial charge on any atom is 0.296 e. The van der Waals surface area contributed by atoms with E-state index in [4.69, 9.17) is 30.9 Å². The Labute approximate surface area is 410 Å². The number of sulfone groups is 1. The second-order valence-electron chi connectivity index (χ2n) is 13.9. The molecule has 374 valence electrons. The highest BCUT2D eigenvalue weighted by Crippen LogP contribution is 2.49. The molecule has 0 saturated carbocycles. The number of carbonyl (C=O) groups excluding carboxylic acids is 1. The zero-order valence-corrected chi connectivity index (χ0v) is 40.2. The van der Waals surface area contributed by atoms with Crippen molar-refractivity contribution >= 4 is 128 Å². The average Bonchev–Trinajstić information content (AvgIpc) is 3.32. The summed E-state index contributed by atoms with van der Waals surface area (Å²) in [6, 6.07) is 20.7. The standard InChI is InChI=1S/C39H36N10O17S5/c1-21(50)42-30-18-29(40)33(61-2)19-31(30)46-43-22-3-5-25(6-4-22)49-70(56,57)27-13-9-24(10-14-27)45-48-38-35(71(58,59)60)17-28-34(67-65-63-52)20-32(37(41)36(28)39(38)51)47-44-23-7-11-26(12-8-23)69(54,55)16-15-62-68-66-64-53/h3-14,17-20,49,51-53H,15-16,40-41H2,1-2H3,(H,42,50)(H,58,59,60). The molecule has 0 aliphatic carbocycles. The van der Waals surface area contributed by atoms with Crippen LogP contribution in [0.5, 0.6) is 11.5 Å². The number of hydrogen-bond donors (Lipinski definition) is 8. The molecular formula is C39H36N10O17S5. The van der Waals surface area contributed by atoms with Gasteiger partial charge >= 0.3 is 0 Å². The van der Waals surface area contributed by atoms with E-state index in [1.54, 1.807) is 0 Å². The van der Waals surface area contributed by atoms with Crippen LogP contribution in [0.3, 0.4) is 0 Å². The summed E-state index contributed by atoms with van der Waals surface area (Å²) in [4.78, 5) is 10.3. The predicted molar refractivity (Wildman–Crippen MR) is 255 cm³/mol. The number of aromatic hydroxyl groups is 1. The van der Waals surface area contributed by atoms with Crippen molar-refractivity contribution in [2.24, 2.45) is 30.7 Å². The number of nitrogens with zero attached hydrogens (tertiary/aromatic N) is 6. The fourth-order valence-electron chi connectivity index (χ4n) is 6.02. The number of nitrogens with one attached hydrogen (secondary N) is 2. The van der Waals surface area contributed by atoms with Gasteiger partial charge in [0.1, 0.15) is 27.7 Å². The number of ether oxygens (including phenoxy) is 1. The minimum atomic E-state index is -5.19. The van der Waals surface area contributed by atoms with Crippen molar-refractivity contribution in [2.45, 2.75) is 26.5 Å². The number of rotatable bonds is 22. The zero-order valence-electron chi connectivity index (χ0n) is 36.1. The Hall–Kier alpha value is -6.92. The zero-order chi connectivity index (χ0) is 51.5. The van der Waals surface area contributed by atoms with Gasteiger partial charge in [-0.15, -0.1) is 24.0 Å². The van der Waals surface area contributed by atoms with Gasteiger partial charge < -0.3 is 26.6 Å². The number of azo groups is 3. The van der Waals surface area contributed by atoms with Gasteiger partial charge in [-0.2, -0.15) is 23.8 Å². The molecule has 0 bridgehead atoms. The molecule has 0 aliphatic rings. The number of phenolic OH excluding ortho intramolecular Hbond substituents is 1. The van der Waals surface area contributed by atoms with Gasteiger partial charge in [-0.25, -0.2) is 27.4 Å². The van der Waals surface area contributed by atoms with E-state index in [-0.39, 0.29) is 95.8 Å². The Balaban J connectivity index is 1.23. The number of fused-ring (bicyclic) bond motifs is 1. The molecule has 6 aromatic rings. The first kappa shape index (κ1) is 53.4. The highest BCUT2D eigenvalue weighted by Gasteiger charge is 2.27. The molecule has 6 rings (SSSR count). The fraction of sp³-hybridized carbons (Fsp3) is 0.103. The molecule has 0 radical (unpaired) electrons. The molecule has 0 saturated heterocycles. The van der Waals surface area contributed by atoms with E-state index in [0.717, 1.165) is 18.2 Å². The quantitative estimate of drug-likeness (QED) is 0.00597. The number of amides is 1. The lowest BCUT2D eigenvalue weighted by Gasteiger charge is -2.14. The second-order valence-corrected chi connectivity index (χ2v) is 20.3. The molecule has 10 N–H and O–H groups in total. The van der Waals surface area contributed by atoms with Crippen molar-refractivity contribution < 1.29 is 77.9 Å². The van der Waals surface area contributed by atoms with E-state index in [1.165, 1.54) is 92.9 Å². The number of sulfonamides is 1. The first-order valence-electron chi connectivity index (χ1n) is 19.3. The third-order valence-electron chi connectivity index (χ3n) is 9.22. The summed E-state index contributed by atoms with van der Waals surface area (Å²) in [5, 5.41) is 62.0. The van der Waals surface area contributed by atoms with Gasteiger partial charge in [0.2, 0.25) is 5.91 Å². The number of nitrogen functional groups attached to an aromatic ring is 2. The Morgan fingerprint density at radius 1 is 0.732 bits per heavy atom. The highest BCUT2D eigenvalue weighted by atomic mass is 32.2. The summed E-state index contributed by atoms with van der Waals surface area (Å²) in [6.45, 7) is 0.988. The third-order valence-corrected chi connectivity index (χ3v) is 14.2. The van der Waals surface area contributed by atoms with Crippen LogP contribution in [0.25, 0.3) is 10.8 Å². The van der Waals surface area contributed by atoms with E-state index in [1.807, 2.05) is 0 Å². The normalized spacial score (nSPS) is 12.4. The molecule has 6 aromatic carbocycles. The van der Waals surface area contributed by atoms with Gasteiger partial charge in [-0.1, -0.05) is 10.1 Å². The number of anilines is 4. The average molecular weight is 1080 g/mol. The first-order chi connectivity index (χ1) is 33.7. The minimum Gasteiger partial charge on any atom is -0.505 e. The van der Waals surface area contributed by atoms with Crippen molar-refractivity contribution in [3.63, 3.8) is 0 Å². The summed E-state index contributed by atoms with van der Waals surface area (Å²) in [7, 11) is -11.8. The van der Waals surface area contributed by atoms with E-state index < -0.39 is 52.1 Å². The predicted octanol–water partition coefficient (Wildman–Crippen LogP) is 9.17. The van der Waals surface area contributed by atoms with Crippen LogP contribution in [0.4, 0.5) is 56.9 Å². The van der Waals surface area contributed by atoms with Gasteiger partial charge in [-0.05, 0) is 91.0 Å². The summed E-state index contributed by atoms with van der Waals surface area (Å²) in [5.41, 5.74) is 12.4. The molecular weight excluding hydrogens is 1040 g/mol. The van der Waals surface area contributed by atoms with Crippen molar-refractivity contribution in [1.29, 1.82) is 0 Å². The lowest BCUT2D eigenvalue weighted by Crippen LogP contribution is -2.12. The van der Waals surface area contributed by atoms with Gasteiger partial charge in [0.25, 0.3) is 20.1 Å². The Morgan fingerprint density at radius 3 is 1.89 bits per heavy atom. The number of carbonyl (C=O) groups is 1. The van der Waals surface area contributed by atoms with Gasteiger partial charge in [0.05, 0.1) is 80.8 Å². The molecule has 0 aromatic heterocycles. The minimum absolute atomic E-state index is 0.0472. The summed E-state index contributed by atoms with van der Waals surface area (Å²) < 4.78 is 109. The fourth-order valence-corrected chi connectivity index (χ4v) is 9.65. The number of phenols is 1. The maximum atomic E-state index is 13.3. The molecule has 0 fully saturated rings. The van der Waals surface area contributed by atoms with Gasteiger partial charge in [-0.3, -0.25) is 18.3 Å². The smallest absolute Gasteiger partial charge is 0.296 e. The molecule has 0 heterocycles. The lowest BCUT2D eigenvalue weighted by atomic mass is 10.0. The van der Waals surface area contributed by atoms with Crippen LogP contribution in [0.1, 0.15) is 6.92 Å². The molecule has 1 amide bonds. The molecule has 0 spiro atoms. The Kier molecular flexibility index (Phi) is 17.6. The molecule has 0 atom stereocenters. The second kappa shape index (κ2) is 23.3. The van der Waals surface area contributed by atoms with Crippen LogP contribution >= 0.6 is 24.4 Å². The first-order valence-corrected chi connectivity index (χ1v) is 25.3. The SMILES string of the molecule is COc1cc(N=Nc2ccc(NS(=O)(=O)c3ccc(N=Nc4c(S(=O)(=O)O)cc5c(SOOO)cc(N=Nc6ccc(S(=O)(=O)CCOSOOO)cc6)c(N)c5c4O)cc3)cc2)c(NC(C)=O)cc1N. The van der Waals surface area contributed by atoms with E-state index >= 15 is 0 Å². The largest absolute Gasteiger partial charge is 0.505 e. The van der Waals surface area contributed by atoms with Crippen LogP contribution < -0.4 is 26.2 Å². The molecule has 0 unspecified atom stereocenters. The summed E-state index contributed by atoms with van der Waals surface area (Å²) >= 11 is 0.520. The van der Waals surface area contributed by atoms with Crippen molar-refractivity contribution in [2.75, 3.05) is 41.0 Å². The topological polar surface area (TPSA) is 406 Å².